The summed E-state index contributed by atoms with van der Waals surface area (Å²) in [7, 11) is 0.569. The summed E-state index contributed by atoms with van der Waals surface area (Å²) < 4.78 is 0. The third-order valence-electron chi connectivity index (χ3n) is 0.810. The number of carbonyl (C=O) groups is 1. The first-order valence-corrected chi connectivity index (χ1v) is 3.68. The van der Waals surface area contributed by atoms with Crippen molar-refractivity contribution in [1.29, 1.82) is 0 Å². The van der Waals surface area contributed by atoms with E-state index in [0.717, 1.165) is 0 Å². The van der Waals surface area contributed by atoms with E-state index in [0.29, 0.717) is 14.1 Å². The third-order valence-corrected chi connectivity index (χ3v) is 1.56. The van der Waals surface area contributed by atoms with E-state index in [1.807, 2.05) is 0 Å². The minimum atomic E-state index is 0.0613. The fourth-order valence-corrected chi connectivity index (χ4v) is 1.02. The van der Waals surface area contributed by atoms with Gasteiger partial charge in [-0.15, -0.1) is 0 Å². The van der Waals surface area contributed by atoms with Gasteiger partial charge in [-0.2, -0.15) is 0 Å². The number of carbonyl (C=O) groups excluding carboxylic acids is 1. The number of hydrogen-bond donors (Lipinski definition) is 0. The van der Waals surface area contributed by atoms with Crippen LogP contribution in [-0.4, -0.2) is 15.5 Å². The van der Waals surface area contributed by atoms with E-state index in [1.54, 1.807) is 18.5 Å². The third kappa shape index (κ3) is 2.19. The molecule has 1 rings (SSSR count). The number of rotatable bonds is 2. The molecule has 0 aliphatic heterocycles. The van der Waals surface area contributed by atoms with E-state index in [2.05, 4.69) is 9.97 Å². The van der Waals surface area contributed by atoms with Gasteiger partial charge in [0.1, 0.15) is 0 Å². The molecular weight excluding hydrogens is 147 g/mol. The zero-order valence-electron chi connectivity index (χ0n) is 5.48. The molecule has 1 heterocycles. The molecule has 0 aliphatic carbocycles. The summed E-state index contributed by atoms with van der Waals surface area (Å²) in [5, 5.41) is 0. The van der Waals surface area contributed by atoms with Gasteiger partial charge in [0.2, 0.25) is 0 Å². The molecule has 0 atom stereocenters. The van der Waals surface area contributed by atoms with Crippen molar-refractivity contribution in [3.05, 3.63) is 18.5 Å². The molecule has 0 spiro atoms. The maximum Gasteiger partial charge on any atom is 0.164 e. The SMILES string of the molecule is CC(=O)[P]c1ncccn1. The van der Waals surface area contributed by atoms with Gasteiger partial charge in [0.15, 0.2) is 11.1 Å². The predicted molar refractivity (Wildman–Crippen MR) is 39.3 cm³/mol. The molecule has 10 heavy (non-hydrogen) atoms. The van der Waals surface area contributed by atoms with Gasteiger partial charge in [0.05, 0.1) is 8.58 Å². The average molecular weight is 153 g/mol. The van der Waals surface area contributed by atoms with Crippen LogP contribution in [0.1, 0.15) is 6.92 Å². The second-order valence-corrected chi connectivity index (χ2v) is 2.93. The van der Waals surface area contributed by atoms with Crippen LogP contribution in [-0.2, 0) is 4.79 Å². The molecule has 0 saturated heterocycles. The quantitative estimate of drug-likeness (QED) is 0.584. The van der Waals surface area contributed by atoms with Gasteiger partial charge < -0.3 is 0 Å². The van der Waals surface area contributed by atoms with Gasteiger partial charge in [-0.25, -0.2) is 9.97 Å². The minimum absolute atomic E-state index is 0.0613. The Balaban J connectivity index is 2.67. The highest BCUT2D eigenvalue weighted by atomic mass is 31.1. The van der Waals surface area contributed by atoms with E-state index in [9.17, 15) is 4.79 Å². The number of nitrogens with zero attached hydrogens (tertiary/aromatic N) is 2. The van der Waals surface area contributed by atoms with Crippen molar-refractivity contribution in [2.24, 2.45) is 0 Å². The molecule has 0 saturated carbocycles. The standard InChI is InChI=1S/C6H6N2OP/c1-5(9)10-6-7-3-2-4-8-6/h2-4H,1H3. The van der Waals surface area contributed by atoms with Crippen molar-refractivity contribution in [3.8, 4) is 0 Å². The zero-order valence-corrected chi connectivity index (χ0v) is 6.38. The molecule has 0 fully saturated rings. The van der Waals surface area contributed by atoms with Gasteiger partial charge in [-0.3, -0.25) is 4.79 Å². The average Bonchev–Trinajstić information content (AvgIpc) is 1.88. The monoisotopic (exact) mass is 153 g/mol. The topological polar surface area (TPSA) is 42.9 Å². The van der Waals surface area contributed by atoms with Crippen LogP contribution in [0.2, 0.25) is 0 Å². The molecule has 1 aromatic heterocycles. The van der Waals surface area contributed by atoms with Crippen LogP contribution in [0.25, 0.3) is 0 Å². The van der Waals surface area contributed by atoms with Crippen LogP contribution in [0.4, 0.5) is 0 Å². The molecule has 0 bridgehead atoms. The van der Waals surface area contributed by atoms with Crippen molar-refractivity contribution in [3.63, 3.8) is 0 Å². The van der Waals surface area contributed by atoms with E-state index in [-0.39, 0.29) is 5.52 Å². The fraction of sp³-hybridized carbons (Fsp3) is 0.167. The van der Waals surface area contributed by atoms with Gasteiger partial charge in [-0.05, 0) is 13.0 Å². The fourth-order valence-electron chi connectivity index (χ4n) is 0.490. The molecule has 4 heteroatoms. The predicted octanol–water partition coefficient (Wildman–Crippen LogP) is 0.595. The normalized spacial score (nSPS) is 10.5. The summed E-state index contributed by atoms with van der Waals surface area (Å²) in [5.74, 6) is 0. The Hall–Kier alpha value is -0.820. The Morgan fingerprint density at radius 3 is 2.60 bits per heavy atom. The van der Waals surface area contributed by atoms with Crippen LogP contribution in [0.15, 0.2) is 18.5 Å². The number of hydrogen-bond acceptors (Lipinski definition) is 3. The Kier molecular flexibility index (Phi) is 2.46. The van der Waals surface area contributed by atoms with Crippen molar-refractivity contribution in [2.45, 2.75) is 6.92 Å². The first-order chi connectivity index (χ1) is 4.79. The first-order valence-electron chi connectivity index (χ1n) is 2.78. The Bertz CT molecular complexity index is 224. The summed E-state index contributed by atoms with van der Waals surface area (Å²) in [6, 6.07) is 1.72. The van der Waals surface area contributed by atoms with Crippen molar-refractivity contribution in [2.75, 3.05) is 0 Å². The lowest BCUT2D eigenvalue weighted by atomic mass is 10.7. The molecule has 0 aliphatic rings. The molecule has 1 aromatic rings. The maximum absolute atomic E-state index is 10.5. The first kappa shape index (κ1) is 7.29. The lowest BCUT2D eigenvalue weighted by Crippen LogP contribution is -2.06. The lowest BCUT2D eigenvalue weighted by Gasteiger charge is -1.90. The minimum Gasteiger partial charge on any atom is -0.294 e. The lowest BCUT2D eigenvalue weighted by molar-refractivity contribution is -0.109. The molecule has 51 valence electrons. The summed E-state index contributed by atoms with van der Waals surface area (Å²) in [6.07, 6.45) is 3.25. The maximum atomic E-state index is 10.5. The molecule has 0 unspecified atom stereocenters. The summed E-state index contributed by atoms with van der Waals surface area (Å²) in [5.41, 5.74) is 0.626. The van der Waals surface area contributed by atoms with Crippen LogP contribution in [0, 0.1) is 0 Å². The summed E-state index contributed by atoms with van der Waals surface area (Å²) in [6.45, 7) is 1.51. The van der Waals surface area contributed by atoms with Gasteiger partial charge >= 0.3 is 0 Å². The highest BCUT2D eigenvalue weighted by Crippen LogP contribution is 2.05. The van der Waals surface area contributed by atoms with Crippen molar-refractivity contribution < 1.29 is 4.79 Å². The van der Waals surface area contributed by atoms with Crippen molar-refractivity contribution in [1.82, 2.24) is 9.97 Å². The van der Waals surface area contributed by atoms with E-state index in [4.69, 9.17) is 0 Å². The van der Waals surface area contributed by atoms with Gasteiger partial charge in [-0.1, -0.05) is 0 Å². The second kappa shape index (κ2) is 3.37. The Labute approximate surface area is 60.7 Å². The molecule has 0 aromatic carbocycles. The van der Waals surface area contributed by atoms with E-state index in [1.165, 1.54) is 6.92 Å². The molecular formula is C6H6N2OP. The van der Waals surface area contributed by atoms with Crippen molar-refractivity contribution >= 4 is 19.7 Å². The number of aromatic nitrogens is 2. The van der Waals surface area contributed by atoms with Crippen LogP contribution >= 0.6 is 8.58 Å². The molecule has 0 N–H and O–H groups in total. The highest BCUT2D eigenvalue weighted by molar-refractivity contribution is 7.64. The molecule has 3 nitrogen and oxygen atoms in total. The van der Waals surface area contributed by atoms with Gasteiger partial charge in [0.25, 0.3) is 0 Å². The Morgan fingerprint density at radius 2 is 2.10 bits per heavy atom. The van der Waals surface area contributed by atoms with E-state index >= 15 is 0 Å². The summed E-state index contributed by atoms with van der Waals surface area (Å²) in [4.78, 5) is 18.3. The Morgan fingerprint density at radius 1 is 1.50 bits per heavy atom. The largest absolute Gasteiger partial charge is 0.294 e. The highest BCUT2D eigenvalue weighted by Gasteiger charge is 1.98. The van der Waals surface area contributed by atoms with Crippen LogP contribution in [0.3, 0.4) is 0 Å². The van der Waals surface area contributed by atoms with Crippen LogP contribution < -0.4 is 5.57 Å². The van der Waals surface area contributed by atoms with Crippen LogP contribution in [0.5, 0.6) is 0 Å². The second-order valence-electron chi connectivity index (χ2n) is 1.68. The molecule has 0 amide bonds. The zero-order chi connectivity index (χ0) is 7.40. The smallest absolute Gasteiger partial charge is 0.164 e. The molecule has 1 radical (unpaired) electrons. The van der Waals surface area contributed by atoms with E-state index < -0.39 is 0 Å². The van der Waals surface area contributed by atoms with Gasteiger partial charge in [0, 0.05) is 12.4 Å². The summed E-state index contributed by atoms with van der Waals surface area (Å²) >= 11 is 0.